The Morgan fingerprint density at radius 3 is 2.44 bits per heavy atom. The van der Waals surface area contributed by atoms with Gasteiger partial charge in [-0.1, -0.05) is 0 Å². The second-order valence-electron chi connectivity index (χ2n) is 4.09. The van der Waals surface area contributed by atoms with Gasteiger partial charge in [-0.2, -0.15) is 5.26 Å². The quantitative estimate of drug-likeness (QED) is 0.662. The van der Waals surface area contributed by atoms with Gasteiger partial charge in [-0.3, -0.25) is 0 Å². The Hall–Kier alpha value is -1.73. The van der Waals surface area contributed by atoms with Crippen LogP contribution in [0.4, 0.5) is 0 Å². The molecule has 0 atom stereocenters. The molecular weight excluding hydrogens is 228 g/mol. The molecule has 0 heterocycles. The highest BCUT2D eigenvalue weighted by Crippen LogP contribution is 2.16. The van der Waals surface area contributed by atoms with Crippen molar-refractivity contribution in [2.75, 3.05) is 33.9 Å². The van der Waals surface area contributed by atoms with Crippen LogP contribution in [0.2, 0.25) is 0 Å². The lowest BCUT2D eigenvalue weighted by Crippen LogP contribution is -2.25. The van der Waals surface area contributed by atoms with Crippen molar-refractivity contribution in [3.63, 3.8) is 0 Å². The fraction of sp³-hybridized carbons (Fsp3) is 0.500. The zero-order chi connectivity index (χ0) is 13.2. The maximum Gasteiger partial charge on any atom is 0.119 e. The third kappa shape index (κ3) is 5.55. The van der Waals surface area contributed by atoms with Gasteiger partial charge in [0.1, 0.15) is 18.1 Å². The van der Waals surface area contributed by atoms with E-state index in [2.05, 4.69) is 11.0 Å². The summed E-state index contributed by atoms with van der Waals surface area (Å²) in [6.45, 7) is 2.44. The summed E-state index contributed by atoms with van der Waals surface area (Å²) in [6.07, 6.45) is 1.53. The van der Waals surface area contributed by atoms with Crippen LogP contribution in [0.25, 0.3) is 0 Å². The number of likely N-dealkylation sites (N-methyl/N-ethyl adjacent to an activating group) is 1. The molecule has 0 amide bonds. The van der Waals surface area contributed by atoms with Crippen molar-refractivity contribution in [1.29, 1.82) is 5.26 Å². The summed E-state index contributed by atoms with van der Waals surface area (Å²) < 4.78 is 10.7. The summed E-state index contributed by atoms with van der Waals surface area (Å²) in [7, 11) is 3.68. The number of benzene rings is 1. The summed E-state index contributed by atoms with van der Waals surface area (Å²) in [5.41, 5.74) is 0. The molecule has 0 saturated carbocycles. The minimum atomic E-state index is 0.615. The van der Waals surface area contributed by atoms with Crippen molar-refractivity contribution in [3.05, 3.63) is 24.3 Å². The Kier molecular flexibility index (Phi) is 6.67. The van der Waals surface area contributed by atoms with Gasteiger partial charge in [-0.15, -0.1) is 0 Å². The van der Waals surface area contributed by atoms with Crippen LogP contribution < -0.4 is 9.47 Å². The van der Waals surface area contributed by atoms with E-state index in [0.717, 1.165) is 31.0 Å². The Labute approximate surface area is 109 Å². The van der Waals surface area contributed by atoms with Crippen LogP contribution in [0.3, 0.4) is 0 Å². The largest absolute Gasteiger partial charge is 0.497 e. The molecule has 1 aromatic carbocycles. The summed E-state index contributed by atoms with van der Waals surface area (Å²) in [5.74, 6) is 1.68. The van der Waals surface area contributed by atoms with Crippen molar-refractivity contribution in [2.24, 2.45) is 0 Å². The standard InChI is InChI=1S/C14H20N2O2/c1-16(10-4-3-9-15)11-12-18-14-7-5-13(17-2)6-8-14/h5-8H,3-4,10-12H2,1-2H3. The number of methoxy groups -OCH3 is 1. The molecule has 1 rings (SSSR count). The second-order valence-corrected chi connectivity index (χ2v) is 4.09. The smallest absolute Gasteiger partial charge is 0.119 e. The number of unbranched alkanes of at least 4 members (excludes halogenated alkanes) is 1. The van der Waals surface area contributed by atoms with Gasteiger partial charge < -0.3 is 14.4 Å². The second kappa shape index (κ2) is 8.37. The SMILES string of the molecule is COc1ccc(OCCN(C)CCCC#N)cc1. The Morgan fingerprint density at radius 2 is 1.83 bits per heavy atom. The average molecular weight is 248 g/mol. The third-order valence-electron chi connectivity index (χ3n) is 2.63. The van der Waals surface area contributed by atoms with Gasteiger partial charge in [0.15, 0.2) is 0 Å². The van der Waals surface area contributed by atoms with Gasteiger partial charge in [0.05, 0.1) is 13.2 Å². The fourth-order valence-corrected chi connectivity index (χ4v) is 1.53. The van der Waals surface area contributed by atoms with E-state index >= 15 is 0 Å². The van der Waals surface area contributed by atoms with E-state index in [0.29, 0.717) is 13.0 Å². The molecule has 0 saturated heterocycles. The Bertz CT molecular complexity index is 370. The molecule has 0 bridgehead atoms. The van der Waals surface area contributed by atoms with Crippen LogP contribution in [-0.2, 0) is 0 Å². The van der Waals surface area contributed by atoms with Crippen LogP contribution in [-0.4, -0.2) is 38.8 Å². The first-order valence-electron chi connectivity index (χ1n) is 6.08. The first kappa shape index (κ1) is 14.3. The van der Waals surface area contributed by atoms with E-state index in [1.54, 1.807) is 7.11 Å². The molecule has 0 aliphatic carbocycles. The highest BCUT2D eigenvalue weighted by Gasteiger charge is 1.99. The molecule has 0 aromatic heterocycles. The van der Waals surface area contributed by atoms with Crippen molar-refractivity contribution in [1.82, 2.24) is 4.90 Å². The summed E-state index contributed by atoms with van der Waals surface area (Å²) >= 11 is 0. The van der Waals surface area contributed by atoms with Crippen LogP contribution >= 0.6 is 0 Å². The fourth-order valence-electron chi connectivity index (χ4n) is 1.53. The maximum atomic E-state index is 8.44. The minimum absolute atomic E-state index is 0.615. The predicted molar refractivity (Wildman–Crippen MR) is 70.8 cm³/mol. The first-order chi connectivity index (χ1) is 8.76. The lowest BCUT2D eigenvalue weighted by molar-refractivity contribution is 0.236. The molecule has 0 spiro atoms. The molecule has 4 heteroatoms. The predicted octanol–water partition coefficient (Wildman–Crippen LogP) is 2.31. The monoisotopic (exact) mass is 248 g/mol. The van der Waals surface area contributed by atoms with Crippen LogP contribution in [0.5, 0.6) is 11.5 Å². The topological polar surface area (TPSA) is 45.5 Å². The maximum absolute atomic E-state index is 8.44. The lowest BCUT2D eigenvalue weighted by Gasteiger charge is -2.16. The molecule has 1 aromatic rings. The van der Waals surface area contributed by atoms with E-state index in [1.807, 2.05) is 31.3 Å². The molecule has 98 valence electrons. The van der Waals surface area contributed by atoms with Gasteiger partial charge in [0.2, 0.25) is 0 Å². The highest BCUT2D eigenvalue weighted by atomic mass is 16.5. The third-order valence-corrected chi connectivity index (χ3v) is 2.63. The van der Waals surface area contributed by atoms with Crippen LogP contribution in [0.15, 0.2) is 24.3 Å². The molecule has 0 N–H and O–H groups in total. The van der Waals surface area contributed by atoms with Crippen LogP contribution in [0.1, 0.15) is 12.8 Å². The summed E-state index contributed by atoms with van der Waals surface area (Å²) in [6, 6.07) is 9.70. The minimum Gasteiger partial charge on any atom is -0.497 e. The molecule has 0 fully saturated rings. The Balaban J connectivity index is 2.18. The number of rotatable bonds is 8. The molecular formula is C14H20N2O2. The molecule has 0 radical (unpaired) electrons. The van der Waals surface area contributed by atoms with E-state index in [9.17, 15) is 0 Å². The normalized spacial score (nSPS) is 10.1. The van der Waals surface area contributed by atoms with E-state index in [1.165, 1.54) is 0 Å². The van der Waals surface area contributed by atoms with Crippen molar-refractivity contribution in [2.45, 2.75) is 12.8 Å². The molecule has 0 aliphatic rings. The van der Waals surface area contributed by atoms with Crippen LogP contribution in [0, 0.1) is 11.3 Å². The average Bonchev–Trinajstić information content (AvgIpc) is 2.40. The number of nitrogens with zero attached hydrogens (tertiary/aromatic N) is 2. The molecule has 0 unspecified atom stereocenters. The van der Waals surface area contributed by atoms with Crippen molar-refractivity contribution >= 4 is 0 Å². The van der Waals surface area contributed by atoms with Crippen molar-refractivity contribution in [3.8, 4) is 17.6 Å². The van der Waals surface area contributed by atoms with Gasteiger partial charge in [-0.25, -0.2) is 0 Å². The molecule has 4 nitrogen and oxygen atoms in total. The Morgan fingerprint density at radius 1 is 1.17 bits per heavy atom. The number of hydrogen-bond acceptors (Lipinski definition) is 4. The molecule has 18 heavy (non-hydrogen) atoms. The molecule has 0 aliphatic heterocycles. The van der Waals surface area contributed by atoms with Gasteiger partial charge in [-0.05, 0) is 44.3 Å². The van der Waals surface area contributed by atoms with E-state index < -0.39 is 0 Å². The van der Waals surface area contributed by atoms with Gasteiger partial charge >= 0.3 is 0 Å². The summed E-state index contributed by atoms with van der Waals surface area (Å²) in [4.78, 5) is 2.17. The zero-order valence-corrected chi connectivity index (χ0v) is 11.1. The summed E-state index contributed by atoms with van der Waals surface area (Å²) in [5, 5.41) is 8.44. The van der Waals surface area contributed by atoms with E-state index in [-0.39, 0.29) is 0 Å². The first-order valence-corrected chi connectivity index (χ1v) is 6.08. The van der Waals surface area contributed by atoms with E-state index in [4.69, 9.17) is 14.7 Å². The van der Waals surface area contributed by atoms with Gasteiger partial charge in [0.25, 0.3) is 0 Å². The number of ether oxygens (including phenoxy) is 2. The highest BCUT2D eigenvalue weighted by molar-refractivity contribution is 5.31. The number of hydrogen-bond donors (Lipinski definition) is 0. The lowest BCUT2D eigenvalue weighted by atomic mass is 10.3. The zero-order valence-electron chi connectivity index (χ0n) is 11.1. The van der Waals surface area contributed by atoms with Crippen molar-refractivity contribution < 1.29 is 9.47 Å². The van der Waals surface area contributed by atoms with Gasteiger partial charge in [0, 0.05) is 13.0 Å². The number of nitriles is 1.